The molecule has 1 amide bonds. The zero-order valence-corrected chi connectivity index (χ0v) is 14.8. The van der Waals surface area contributed by atoms with Gasteiger partial charge < -0.3 is 10.1 Å². The maximum absolute atomic E-state index is 12.1. The van der Waals surface area contributed by atoms with E-state index >= 15 is 0 Å². The van der Waals surface area contributed by atoms with Crippen LogP contribution in [0.2, 0.25) is 0 Å². The van der Waals surface area contributed by atoms with Crippen LogP contribution in [0.4, 0.5) is 0 Å². The molecule has 1 saturated heterocycles. The summed E-state index contributed by atoms with van der Waals surface area (Å²) in [6.45, 7) is 8.73. The van der Waals surface area contributed by atoms with E-state index in [-0.39, 0.29) is 12.0 Å². The molecule has 1 aromatic carbocycles. The average Bonchev–Trinajstić information content (AvgIpc) is 2.45. The first-order chi connectivity index (χ1) is 10.0. The van der Waals surface area contributed by atoms with E-state index in [4.69, 9.17) is 4.74 Å². The molecule has 1 fully saturated rings. The average molecular weight is 402 g/mol. The molecule has 1 atom stereocenters. The Balaban J connectivity index is 1.79. The molecule has 1 aliphatic rings. The molecular weight excluding hydrogens is 379 g/mol. The summed E-state index contributed by atoms with van der Waals surface area (Å²) in [7, 11) is 0. The molecule has 0 bridgehead atoms. The lowest BCUT2D eigenvalue weighted by Crippen LogP contribution is -2.48. The van der Waals surface area contributed by atoms with Crippen molar-refractivity contribution in [2.24, 2.45) is 5.92 Å². The highest BCUT2D eigenvalue weighted by Crippen LogP contribution is 2.09. The number of carbonyl (C=O) groups is 1. The molecule has 1 N–H and O–H groups in total. The lowest BCUT2D eigenvalue weighted by Gasteiger charge is -2.33. The Morgan fingerprint density at radius 3 is 2.81 bits per heavy atom. The van der Waals surface area contributed by atoms with Gasteiger partial charge in [-0.05, 0) is 52.8 Å². The van der Waals surface area contributed by atoms with Crippen LogP contribution < -0.4 is 5.32 Å². The molecule has 2 rings (SSSR count). The zero-order valence-electron chi connectivity index (χ0n) is 12.6. The van der Waals surface area contributed by atoms with Crippen LogP contribution in [0.5, 0.6) is 0 Å². The second-order valence-electron chi connectivity index (χ2n) is 5.86. The van der Waals surface area contributed by atoms with Crippen molar-refractivity contribution in [1.29, 1.82) is 0 Å². The Morgan fingerprint density at radius 2 is 2.14 bits per heavy atom. The first-order valence-electron chi connectivity index (χ1n) is 7.42. The van der Waals surface area contributed by atoms with E-state index in [0.717, 1.165) is 29.8 Å². The van der Waals surface area contributed by atoms with Gasteiger partial charge in [0.2, 0.25) is 0 Å². The van der Waals surface area contributed by atoms with Gasteiger partial charge in [0.15, 0.2) is 0 Å². The maximum Gasteiger partial charge on any atom is 0.251 e. The topological polar surface area (TPSA) is 41.6 Å². The molecule has 1 aliphatic heterocycles. The van der Waals surface area contributed by atoms with Gasteiger partial charge in [0.1, 0.15) is 0 Å². The van der Waals surface area contributed by atoms with E-state index in [1.54, 1.807) is 0 Å². The Kier molecular flexibility index (Phi) is 6.44. The van der Waals surface area contributed by atoms with E-state index in [1.165, 1.54) is 0 Å². The molecule has 0 radical (unpaired) electrons. The summed E-state index contributed by atoms with van der Waals surface area (Å²) in [5, 5.41) is 2.97. The molecule has 21 heavy (non-hydrogen) atoms. The summed E-state index contributed by atoms with van der Waals surface area (Å²) < 4.78 is 6.87. The number of morpholine rings is 1. The van der Waals surface area contributed by atoms with Crippen LogP contribution in [0.15, 0.2) is 24.3 Å². The van der Waals surface area contributed by atoms with Gasteiger partial charge in [-0.1, -0.05) is 13.8 Å². The smallest absolute Gasteiger partial charge is 0.251 e. The predicted molar refractivity (Wildman–Crippen MR) is 92.5 cm³/mol. The fraction of sp³-hybridized carbons (Fsp3) is 0.562. The highest BCUT2D eigenvalue weighted by Gasteiger charge is 2.21. The number of amides is 1. The van der Waals surface area contributed by atoms with Crippen molar-refractivity contribution < 1.29 is 9.53 Å². The molecule has 0 saturated carbocycles. The second kappa shape index (κ2) is 8.10. The third-order valence-corrected chi connectivity index (χ3v) is 4.16. The standard InChI is InChI=1S/C16H23IN2O2/c1-12(2)10-19-7-8-21-15(11-19)9-18-16(20)13-3-5-14(17)6-4-13/h3-6,12,15H,7-11H2,1-2H3,(H,18,20). The molecule has 1 unspecified atom stereocenters. The largest absolute Gasteiger partial charge is 0.374 e. The summed E-state index contributed by atoms with van der Waals surface area (Å²) >= 11 is 2.23. The van der Waals surface area contributed by atoms with Crippen molar-refractivity contribution in [2.75, 3.05) is 32.8 Å². The van der Waals surface area contributed by atoms with Crippen molar-refractivity contribution in [3.05, 3.63) is 33.4 Å². The van der Waals surface area contributed by atoms with E-state index in [0.29, 0.717) is 18.0 Å². The molecule has 5 heteroatoms. The minimum absolute atomic E-state index is 0.0315. The molecular formula is C16H23IN2O2. The van der Waals surface area contributed by atoms with Gasteiger partial charge in [0.05, 0.1) is 12.7 Å². The highest BCUT2D eigenvalue weighted by molar-refractivity contribution is 14.1. The van der Waals surface area contributed by atoms with Gasteiger partial charge in [0, 0.05) is 35.3 Å². The van der Waals surface area contributed by atoms with Crippen LogP contribution in [-0.4, -0.2) is 49.7 Å². The van der Waals surface area contributed by atoms with Crippen molar-refractivity contribution in [3.63, 3.8) is 0 Å². The maximum atomic E-state index is 12.1. The van der Waals surface area contributed by atoms with Crippen LogP contribution in [0.3, 0.4) is 0 Å². The first-order valence-corrected chi connectivity index (χ1v) is 8.50. The Labute approximate surface area is 140 Å². The summed E-state index contributed by atoms with van der Waals surface area (Å²) in [6, 6.07) is 7.59. The van der Waals surface area contributed by atoms with Gasteiger partial charge in [-0.15, -0.1) is 0 Å². The summed E-state index contributed by atoms with van der Waals surface area (Å²) in [5.41, 5.74) is 0.699. The quantitative estimate of drug-likeness (QED) is 0.770. The SMILES string of the molecule is CC(C)CN1CCOC(CNC(=O)c2ccc(I)cc2)C1. The van der Waals surface area contributed by atoms with Crippen molar-refractivity contribution in [1.82, 2.24) is 10.2 Å². The molecule has 0 aliphatic carbocycles. The highest BCUT2D eigenvalue weighted by atomic mass is 127. The van der Waals surface area contributed by atoms with E-state index < -0.39 is 0 Å². The van der Waals surface area contributed by atoms with Crippen molar-refractivity contribution in [3.8, 4) is 0 Å². The number of hydrogen-bond acceptors (Lipinski definition) is 3. The number of hydrogen-bond donors (Lipinski definition) is 1. The molecule has 0 aromatic heterocycles. The minimum atomic E-state index is -0.0315. The number of benzene rings is 1. The van der Waals surface area contributed by atoms with Crippen LogP contribution in [-0.2, 0) is 4.74 Å². The second-order valence-corrected chi connectivity index (χ2v) is 7.11. The minimum Gasteiger partial charge on any atom is -0.374 e. The van der Waals surface area contributed by atoms with Crippen LogP contribution in [0, 0.1) is 9.49 Å². The van der Waals surface area contributed by atoms with E-state index in [1.807, 2.05) is 24.3 Å². The van der Waals surface area contributed by atoms with Gasteiger partial charge in [0.25, 0.3) is 5.91 Å². The number of carbonyl (C=O) groups excluding carboxylic acids is 1. The molecule has 116 valence electrons. The number of ether oxygens (including phenoxy) is 1. The predicted octanol–water partition coefficient (Wildman–Crippen LogP) is 2.38. The third-order valence-electron chi connectivity index (χ3n) is 3.44. The molecule has 1 heterocycles. The fourth-order valence-electron chi connectivity index (χ4n) is 2.50. The number of nitrogens with zero attached hydrogens (tertiary/aromatic N) is 1. The Morgan fingerprint density at radius 1 is 1.43 bits per heavy atom. The van der Waals surface area contributed by atoms with Crippen LogP contribution in [0.1, 0.15) is 24.2 Å². The molecule has 1 aromatic rings. The van der Waals surface area contributed by atoms with Gasteiger partial charge in [-0.25, -0.2) is 0 Å². The number of rotatable bonds is 5. The lowest BCUT2D eigenvalue weighted by atomic mass is 10.1. The first kappa shape index (κ1) is 16.7. The summed E-state index contributed by atoms with van der Waals surface area (Å²) in [5.74, 6) is 0.626. The Bertz CT molecular complexity index is 462. The van der Waals surface area contributed by atoms with E-state index in [9.17, 15) is 4.79 Å². The van der Waals surface area contributed by atoms with Gasteiger partial charge in [-0.3, -0.25) is 9.69 Å². The normalized spacial score (nSPS) is 19.7. The monoisotopic (exact) mass is 402 g/mol. The summed E-state index contributed by atoms with van der Waals surface area (Å²) in [6.07, 6.45) is 0.0882. The molecule has 4 nitrogen and oxygen atoms in total. The van der Waals surface area contributed by atoms with Gasteiger partial charge in [-0.2, -0.15) is 0 Å². The van der Waals surface area contributed by atoms with Crippen molar-refractivity contribution in [2.45, 2.75) is 20.0 Å². The molecule has 0 spiro atoms. The van der Waals surface area contributed by atoms with Crippen LogP contribution >= 0.6 is 22.6 Å². The lowest BCUT2D eigenvalue weighted by molar-refractivity contribution is -0.0295. The zero-order chi connectivity index (χ0) is 15.2. The van der Waals surface area contributed by atoms with E-state index in [2.05, 4.69) is 46.7 Å². The third kappa shape index (κ3) is 5.56. The summed E-state index contributed by atoms with van der Waals surface area (Å²) in [4.78, 5) is 14.5. The van der Waals surface area contributed by atoms with Gasteiger partial charge >= 0.3 is 0 Å². The van der Waals surface area contributed by atoms with Crippen molar-refractivity contribution >= 4 is 28.5 Å². The Hall–Kier alpha value is -0.660. The van der Waals surface area contributed by atoms with Crippen LogP contribution in [0.25, 0.3) is 0 Å². The number of nitrogens with one attached hydrogen (secondary N) is 1. The fourth-order valence-corrected chi connectivity index (χ4v) is 2.86. The number of halogens is 1.